The number of hydrogen-bond acceptors (Lipinski definition) is 4. The van der Waals surface area contributed by atoms with Crippen molar-refractivity contribution in [2.24, 2.45) is 0 Å². The Balaban J connectivity index is 1.48. The molecule has 2 unspecified atom stereocenters. The highest BCUT2D eigenvalue weighted by molar-refractivity contribution is 6.30. The Hall–Kier alpha value is -2.99. The van der Waals surface area contributed by atoms with Crippen molar-refractivity contribution in [3.63, 3.8) is 0 Å². The number of amides is 1. The number of rotatable bonds is 4. The van der Waals surface area contributed by atoms with Gasteiger partial charge >= 0.3 is 0 Å². The zero-order chi connectivity index (χ0) is 18.8. The second kappa shape index (κ2) is 7.32. The quantitative estimate of drug-likeness (QED) is 0.745. The first-order chi connectivity index (χ1) is 13.1. The summed E-state index contributed by atoms with van der Waals surface area (Å²) in [6.45, 7) is 2.30. The molecule has 138 valence electrons. The van der Waals surface area contributed by atoms with Crippen LogP contribution >= 0.6 is 11.6 Å². The predicted molar refractivity (Wildman–Crippen MR) is 102 cm³/mol. The Morgan fingerprint density at radius 1 is 1.15 bits per heavy atom. The summed E-state index contributed by atoms with van der Waals surface area (Å²) in [5.41, 5.74) is 0.987. The van der Waals surface area contributed by atoms with Crippen molar-refractivity contribution in [2.45, 2.75) is 25.7 Å². The monoisotopic (exact) mass is 383 g/mol. The number of hydrogen-bond donors (Lipinski definition) is 1. The SMILES string of the molecule is CC1Oc2ccccc2OC1C(=O)Nc1ccnn1Cc1cccc(Cl)c1. The van der Waals surface area contributed by atoms with Crippen LogP contribution in [0, 0.1) is 0 Å². The molecule has 4 rings (SSSR count). The number of nitrogens with zero attached hydrogens (tertiary/aromatic N) is 2. The van der Waals surface area contributed by atoms with Gasteiger partial charge in [-0.3, -0.25) is 4.79 Å². The molecule has 0 fully saturated rings. The first kappa shape index (κ1) is 17.4. The molecular formula is C20H18ClN3O3. The van der Waals surface area contributed by atoms with Crippen LogP contribution in [0.15, 0.2) is 60.8 Å². The van der Waals surface area contributed by atoms with Crippen LogP contribution in [0.1, 0.15) is 12.5 Å². The van der Waals surface area contributed by atoms with Crippen molar-refractivity contribution in [3.8, 4) is 11.5 Å². The van der Waals surface area contributed by atoms with E-state index in [2.05, 4.69) is 10.4 Å². The number of halogens is 1. The molecule has 0 saturated heterocycles. The van der Waals surface area contributed by atoms with Crippen molar-refractivity contribution in [3.05, 3.63) is 71.4 Å². The van der Waals surface area contributed by atoms with Gasteiger partial charge in [-0.2, -0.15) is 5.10 Å². The van der Waals surface area contributed by atoms with Crippen molar-refractivity contribution in [2.75, 3.05) is 5.32 Å². The van der Waals surface area contributed by atoms with E-state index >= 15 is 0 Å². The summed E-state index contributed by atoms with van der Waals surface area (Å²) in [6.07, 6.45) is 0.468. The van der Waals surface area contributed by atoms with Crippen molar-refractivity contribution < 1.29 is 14.3 Å². The number of carbonyl (C=O) groups is 1. The van der Waals surface area contributed by atoms with Gasteiger partial charge in [-0.05, 0) is 36.8 Å². The number of fused-ring (bicyclic) bond motifs is 1. The van der Waals surface area contributed by atoms with Crippen LogP contribution in [0.5, 0.6) is 11.5 Å². The number of nitrogens with one attached hydrogen (secondary N) is 1. The molecule has 6 nitrogen and oxygen atoms in total. The van der Waals surface area contributed by atoms with Crippen LogP contribution < -0.4 is 14.8 Å². The fourth-order valence-corrected chi connectivity index (χ4v) is 3.19. The molecule has 7 heteroatoms. The van der Waals surface area contributed by atoms with Gasteiger partial charge in [0, 0.05) is 11.1 Å². The van der Waals surface area contributed by atoms with Gasteiger partial charge < -0.3 is 14.8 Å². The summed E-state index contributed by atoms with van der Waals surface area (Å²) in [4.78, 5) is 12.8. The smallest absolute Gasteiger partial charge is 0.270 e. The molecule has 2 aromatic carbocycles. The van der Waals surface area contributed by atoms with Gasteiger partial charge in [0.1, 0.15) is 11.9 Å². The third kappa shape index (κ3) is 3.75. The lowest BCUT2D eigenvalue weighted by Gasteiger charge is -2.31. The Bertz CT molecular complexity index is 972. The molecule has 0 bridgehead atoms. The van der Waals surface area contributed by atoms with Gasteiger partial charge in [0.2, 0.25) is 6.10 Å². The fraction of sp³-hybridized carbons (Fsp3) is 0.200. The predicted octanol–water partition coefficient (Wildman–Crippen LogP) is 3.75. The van der Waals surface area contributed by atoms with Crippen LogP contribution in [0.25, 0.3) is 0 Å². The van der Waals surface area contributed by atoms with E-state index in [1.54, 1.807) is 23.0 Å². The molecule has 1 N–H and O–H groups in total. The minimum absolute atomic E-state index is 0.287. The minimum atomic E-state index is -0.755. The molecular weight excluding hydrogens is 366 g/mol. The third-order valence-corrected chi connectivity index (χ3v) is 4.52. The Labute approximate surface area is 161 Å². The highest BCUT2D eigenvalue weighted by Gasteiger charge is 2.34. The fourth-order valence-electron chi connectivity index (χ4n) is 2.98. The Kier molecular flexibility index (Phi) is 4.73. The lowest BCUT2D eigenvalue weighted by atomic mass is 10.1. The van der Waals surface area contributed by atoms with Crippen LogP contribution in [0.3, 0.4) is 0 Å². The van der Waals surface area contributed by atoms with Crippen LogP contribution in [0.2, 0.25) is 5.02 Å². The third-order valence-electron chi connectivity index (χ3n) is 4.29. The minimum Gasteiger partial charge on any atom is -0.482 e. The second-order valence-corrected chi connectivity index (χ2v) is 6.74. The summed E-state index contributed by atoms with van der Waals surface area (Å²) < 4.78 is 13.3. The topological polar surface area (TPSA) is 65.4 Å². The average molecular weight is 384 g/mol. The van der Waals surface area contributed by atoms with Gasteiger partial charge in [-0.25, -0.2) is 4.68 Å². The van der Waals surface area contributed by atoms with E-state index in [0.29, 0.717) is 28.9 Å². The van der Waals surface area contributed by atoms with Crippen LogP contribution in [-0.2, 0) is 11.3 Å². The first-order valence-corrected chi connectivity index (χ1v) is 8.97. The van der Waals surface area contributed by atoms with Crippen molar-refractivity contribution >= 4 is 23.3 Å². The molecule has 0 radical (unpaired) electrons. The maximum absolute atomic E-state index is 12.8. The zero-order valence-electron chi connectivity index (χ0n) is 14.6. The molecule has 1 aromatic heterocycles. The summed E-state index contributed by atoms with van der Waals surface area (Å²) in [5, 5.41) is 7.82. The van der Waals surface area contributed by atoms with Crippen LogP contribution in [0.4, 0.5) is 5.82 Å². The lowest BCUT2D eigenvalue weighted by molar-refractivity contribution is -0.128. The van der Waals surface area contributed by atoms with E-state index in [-0.39, 0.29) is 5.91 Å². The average Bonchev–Trinajstić information content (AvgIpc) is 3.07. The maximum atomic E-state index is 12.8. The summed E-state index contributed by atoms with van der Waals surface area (Å²) in [5.74, 6) is 1.49. The van der Waals surface area contributed by atoms with E-state index < -0.39 is 12.2 Å². The largest absolute Gasteiger partial charge is 0.482 e. The molecule has 0 spiro atoms. The zero-order valence-corrected chi connectivity index (χ0v) is 15.4. The highest BCUT2D eigenvalue weighted by atomic mass is 35.5. The van der Waals surface area contributed by atoms with E-state index in [1.165, 1.54) is 0 Å². The number of benzene rings is 2. The Morgan fingerprint density at radius 3 is 2.70 bits per heavy atom. The first-order valence-electron chi connectivity index (χ1n) is 8.59. The summed E-state index contributed by atoms with van der Waals surface area (Å²) in [7, 11) is 0. The molecule has 1 aliphatic rings. The van der Waals surface area contributed by atoms with Gasteiger partial charge in [0.25, 0.3) is 5.91 Å². The molecule has 2 heterocycles. The molecule has 2 atom stereocenters. The van der Waals surface area contributed by atoms with Crippen LogP contribution in [-0.4, -0.2) is 27.9 Å². The van der Waals surface area contributed by atoms with Crippen molar-refractivity contribution in [1.82, 2.24) is 9.78 Å². The van der Waals surface area contributed by atoms with Gasteiger partial charge in [-0.15, -0.1) is 0 Å². The van der Waals surface area contributed by atoms with Gasteiger partial charge in [0.15, 0.2) is 11.5 Å². The maximum Gasteiger partial charge on any atom is 0.270 e. The number of para-hydroxylation sites is 2. The van der Waals surface area contributed by atoms with E-state index in [4.69, 9.17) is 21.1 Å². The molecule has 0 aliphatic carbocycles. The number of carbonyl (C=O) groups excluding carboxylic acids is 1. The Morgan fingerprint density at radius 2 is 1.93 bits per heavy atom. The van der Waals surface area contributed by atoms with E-state index in [0.717, 1.165) is 5.56 Å². The number of anilines is 1. The summed E-state index contributed by atoms with van der Waals surface area (Å²) >= 11 is 6.04. The van der Waals surface area contributed by atoms with E-state index in [1.807, 2.05) is 49.4 Å². The molecule has 1 amide bonds. The number of aromatic nitrogens is 2. The molecule has 1 aliphatic heterocycles. The second-order valence-electron chi connectivity index (χ2n) is 6.30. The van der Waals surface area contributed by atoms with Gasteiger partial charge in [0.05, 0.1) is 12.7 Å². The number of ether oxygens (including phenoxy) is 2. The molecule has 0 saturated carbocycles. The highest BCUT2D eigenvalue weighted by Crippen LogP contribution is 2.33. The standard InChI is InChI=1S/C20H18ClN3O3/c1-13-19(27-17-8-3-2-7-16(17)26-13)20(25)23-18-9-10-22-24(18)12-14-5-4-6-15(21)11-14/h2-11,13,19H,12H2,1H3,(H,23,25). The normalized spacial score (nSPS) is 18.1. The van der Waals surface area contributed by atoms with Crippen molar-refractivity contribution in [1.29, 1.82) is 0 Å². The molecule has 3 aromatic rings. The summed E-state index contributed by atoms with van der Waals surface area (Å²) in [6, 6.07) is 16.6. The van der Waals surface area contributed by atoms with E-state index in [9.17, 15) is 4.79 Å². The van der Waals surface area contributed by atoms with Gasteiger partial charge in [-0.1, -0.05) is 35.9 Å². The lowest BCUT2D eigenvalue weighted by Crippen LogP contribution is -2.46. The molecule has 27 heavy (non-hydrogen) atoms.